The Kier molecular flexibility index (Phi) is 5.14. The van der Waals surface area contributed by atoms with Crippen LogP contribution in [0.5, 0.6) is 11.6 Å². The minimum absolute atomic E-state index is 0.594. The predicted molar refractivity (Wildman–Crippen MR) is 82.9 cm³/mol. The first-order chi connectivity index (χ1) is 10.2. The number of hydrogen-bond donors (Lipinski definition) is 1. The van der Waals surface area contributed by atoms with Gasteiger partial charge in [0.25, 0.3) is 0 Å². The van der Waals surface area contributed by atoms with Crippen LogP contribution in [0.3, 0.4) is 0 Å². The Labute approximate surface area is 125 Å². The zero-order valence-electron chi connectivity index (χ0n) is 13.2. The fourth-order valence-corrected chi connectivity index (χ4v) is 1.90. The quantitative estimate of drug-likeness (QED) is 0.848. The van der Waals surface area contributed by atoms with E-state index in [1.807, 2.05) is 31.6 Å². The van der Waals surface area contributed by atoms with Gasteiger partial charge in [0.15, 0.2) is 5.75 Å². The summed E-state index contributed by atoms with van der Waals surface area (Å²) in [5, 5.41) is 7.54. The van der Waals surface area contributed by atoms with Gasteiger partial charge in [-0.15, -0.1) is 0 Å². The molecule has 114 valence electrons. The molecule has 2 aromatic heterocycles. The number of nitrogens with zero attached hydrogens (tertiary/aromatic N) is 4. The highest BCUT2D eigenvalue weighted by atomic mass is 16.5. The Morgan fingerprint density at radius 1 is 1.24 bits per heavy atom. The Bertz CT molecular complexity index is 594. The number of aryl methyl sites for hydroxylation is 2. The van der Waals surface area contributed by atoms with Crippen molar-refractivity contribution in [2.24, 2.45) is 0 Å². The van der Waals surface area contributed by atoms with Gasteiger partial charge in [-0.05, 0) is 20.3 Å². The molecule has 0 bridgehead atoms. The van der Waals surface area contributed by atoms with Crippen LogP contribution >= 0.6 is 0 Å². The van der Waals surface area contributed by atoms with Gasteiger partial charge in [0.2, 0.25) is 5.88 Å². The van der Waals surface area contributed by atoms with E-state index in [0.29, 0.717) is 11.6 Å². The summed E-state index contributed by atoms with van der Waals surface area (Å²) in [4.78, 5) is 9.01. The average molecular weight is 289 g/mol. The van der Waals surface area contributed by atoms with E-state index in [1.54, 1.807) is 6.20 Å². The molecule has 0 radical (unpaired) electrons. The SMILES string of the molecule is CCCNc1nc(CC)nc(Oc2cnn(CC)c2)c1C. The lowest BCUT2D eigenvalue weighted by Crippen LogP contribution is -2.08. The van der Waals surface area contributed by atoms with Gasteiger partial charge < -0.3 is 10.1 Å². The summed E-state index contributed by atoms with van der Waals surface area (Å²) in [7, 11) is 0. The molecule has 6 nitrogen and oxygen atoms in total. The smallest absolute Gasteiger partial charge is 0.227 e. The molecule has 0 atom stereocenters. The molecule has 0 unspecified atom stereocenters. The Balaban J connectivity index is 2.28. The Morgan fingerprint density at radius 2 is 2.05 bits per heavy atom. The minimum atomic E-state index is 0.594. The van der Waals surface area contributed by atoms with Crippen molar-refractivity contribution >= 4 is 5.82 Å². The molecule has 0 saturated carbocycles. The van der Waals surface area contributed by atoms with Crippen molar-refractivity contribution in [2.45, 2.75) is 47.1 Å². The summed E-state index contributed by atoms with van der Waals surface area (Å²) in [6, 6.07) is 0. The van der Waals surface area contributed by atoms with Gasteiger partial charge in [-0.25, -0.2) is 4.98 Å². The summed E-state index contributed by atoms with van der Waals surface area (Å²) in [6.45, 7) is 9.86. The van der Waals surface area contributed by atoms with Crippen LogP contribution in [0.25, 0.3) is 0 Å². The number of anilines is 1. The minimum Gasteiger partial charge on any atom is -0.435 e. The van der Waals surface area contributed by atoms with Gasteiger partial charge in [0.1, 0.15) is 11.6 Å². The molecule has 1 N–H and O–H groups in total. The molecule has 0 aliphatic heterocycles. The summed E-state index contributed by atoms with van der Waals surface area (Å²) >= 11 is 0. The first-order valence-corrected chi connectivity index (χ1v) is 7.49. The zero-order valence-corrected chi connectivity index (χ0v) is 13.2. The molecule has 6 heteroatoms. The van der Waals surface area contributed by atoms with Gasteiger partial charge in [0, 0.05) is 19.5 Å². The zero-order chi connectivity index (χ0) is 15.2. The molecule has 2 aromatic rings. The van der Waals surface area contributed by atoms with Crippen molar-refractivity contribution in [1.29, 1.82) is 0 Å². The number of aromatic nitrogens is 4. The molecule has 0 saturated heterocycles. The molecule has 0 spiro atoms. The fourth-order valence-electron chi connectivity index (χ4n) is 1.90. The maximum absolute atomic E-state index is 5.88. The molecule has 0 aromatic carbocycles. The second-order valence-corrected chi connectivity index (χ2v) is 4.83. The molecule has 0 fully saturated rings. The van der Waals surface area contributed by atoms with Crippen LogP contribution in [0.2, 0.25) is 0 Å². The van der Waals surface area contributed by atoms with Crippen molar-refractivity contribution in [3.05, 3.63) is 23.8 Å². The number of ether oxygens (including phenoxy) is 1. The average Bonchev–Trinajstić information content (AvgIpc) is 2.95. The summed E-state index contributed by atoms with van der Waals surface area (Å²) in [6.07, 6.45) is 5.39. The van der Waals surface area contributed by atoms with Gasteiger partial charge >= 0.3 is 0 Å². The topological polar surface area (TPSA) is 64.9 Å². The van der Waals surface area contributed by atoms with Gasteiger partial charge in [-0.1, -0.05) is 13.8 Å². The van der Waals surface area contributed by atoms with Crippen LogP contribution in [0.4, 0.5) is 5.82 Å². The molecular formula is C15H23N5O. The highest BCUT2D eigenvalue weighted by molar-refractivity contribution is 5.49. The van der Waals surface area contributed by atoms with E-state index in [0.717, 1.165) is 43.1 Å². The van der Waals surface area contributed by atoms with E-state index in [-0.39, 0.29) is 0 Å². The standard InChI is InChI=1S/C15H23N5O/c1-5-8-16-14-11(4)15(19-13(6-2)18-14)21-12-9-17-20(7-3)10-12/h9-10H,5-8H2,1-4H3,(H,16,18,19). The molecule has 0 aliphatic carbocycles. The summed E-state index contributed by atoms with van der Waals surface area (Å²) in [5.41, 5.74) is 0.921. The van der Waals surface area contributed by atoms with Gasteiger partial charge in [0.05, 0.1) is 18.0 Å². The second-order valence-electron chi connectivity index (χ2n) is 4.83. The molecule has 2 rings (SSSR count). The van der Waals surface area contributed by atoms with Gasteiger partial charge in [-0.2, -0.15) is 10.1 Å². The molecule has 2 heterocycles. The van der Waals surface area contributed by atoms with Crippen LogP contribution < -0.4 is 10.1 Å². The van der Waals surface area contributed by atoms with E-state index in [4.69, 9.17) is 4.74 Å². The third-order valence-corrected chi connectivity index (χ3v) is 3.15. The second kappa shape index (κ2) is 7.06. The van der Waals surface area contributed by atoms with Gasteiger partial charge in [-0.3, -0.25) is 4.68 Å². The molecule has 0 amide bonds. The van der Waals surface area contributed by atoms with Crippen molar-refractivity contribution in [1.82, 2.24) is 19.7 Å². The summed E-state index contributed by atoms with van der Waals surface area (Å²) < 4.78 is 7.70. The normalized spacial score (nSPS) is 10.7. The van der Waals surface area contributed by atoms with Crippen molar-refractivity contribution in [3.8, 4) is 11.6 Å². The first-order valence-electron chi connectivity index (χ1n) is 7.49. The number of rotatable bonds is 7. The molecular weight excluding hydrogens is 266 g/mol. The van der Waals surface area contributed by atoms with Crippen LogP contribution in [0.1, 0.15) is 38.6 Å². The molecule has 21 heavy (non-hydrogen) atoms. The number of hydrogen-bond acceptors (Lipinski definition) is 5. The van der Waals surface area contributed by atoms with E-state index in [9.17, 15) is 0 Å². The Hall–Kier alpha value is -2.11. The van der Waals surface area contributed by atoms with Crippen molar-refractivity contribution < 1.29 is 4.74 Å². The largest absolute Gasteiger partial charge is 0.435 e. The maximum Gasteiger partial charge on any atom is 0.227 e. The van der Waals surface area contributed by atoms with E-state index in [2.05, 4.69) is 27.3 Å². The van der Waals surface area contributed by atoms with E-state index in [1.165, 1.54) is 0 Å². The first kappa shape index (κ1) is 15.3. The van der Waals surface area contributed by atoms with Crippen LogP contribution in [-0.2, 0) is 13.0 Å². The maximum atomic E-state index is 5.88. The lowest BCUT2D eigenvalue weighted by molar-refractivity contribution is 0.454. The predicted octanol–water partition coefficient (Wildman–Crippen LogP) is 3.18. The van der Waals surface area contributed by atoms with Crippen LogP contribution in [-0.4, -0.2) is 26.3 Å². The highest BCUT2D eigenvalue weighted by Gasteiger charge is 2.12. The van der Waals surface area contributed by atoms with Crippen molar-refractivity contribution in [2.75, 3.05) is 11.9 Å². The van der Waals surface area contributed by atoms with Crippen LogP contribution in [0.15, 0.2) is 12.4 Å². The molecule has 0 aliphatic rings. The fraction of sp³-hybridized carbons (Fsp3) is 0.533. The monoisotopic (exact) mass is 289 g/mol. The van der Waals surface area contributed by atoms with Crippen LogP contribution in [0, 0.1) is 6.92 Å². The Morgan fingerprint density at radius 3 is 2.67 bits per heavy atom. The third kappa shape index (κ3) is 3.71. The highest BCUT2D eigenvalue weighted by Crippen LogP contribution is 2.27. The van der Waals surface area contributed by atoms with E-state index < -0.39 is 0 Å². The number of nitrogens with one attached hydrogen (secondary N) is 1. The van der Waals surface area contributed by atoms with Crippen molar-refractivity contribution in [3.63, 3.8) is 0 Å². The van der Waals surface area contributed by atoms with E-state index >= 15 is 0 Å². The summed E-state index contributed by atoms with van der Waals surface area (Å²) in [5.74, 6) is 2.91. The lowest BCUT2D eigenvalue weighted by atomic mass is 10.3. The third-order valence-electron chi connectivity index (χ3n) is 3.15. The lowest BCUT2D eigenvalue weighted by Gasteiger charge is -2.13.